The predicted octanol–water partition coefficient (Wildman–Crippen LogP) is 6.93. The summed E-state index contributed by atoms with van der Waals surface area (Å²) in [6, 6.07) is 31.0. The zero-order valence-electron chi connectivity index (χ0n) is 20.1. The van der Waals surface area contributed by atoms with E-state index in [1.807, 2.05) is 49.4 Å². The molecule has 35 heavy (non-hydrogen) atoms. The first-order valence-corrected chi connectivity index (χ1v) is 12.3. The van der Waals surface area contributed by atoms with Crippen LogP contribution in [0.15, 0.2) is 91.0 Å². The van der Waals surface area contributed by atoms with Crippen LogP contribution in [0.3, 0.4) is 0 Å². The van der Waals surface area contributed by atoms with Crippen molar-refractivity contribution < 1.29 is 14.6 Å². The summed E-state index contributed by atoms with van der Waals surface area (Å²) in [5.74, 6) is 0.0627. The number of nitrogens with zero attached hydrogens (tertiary/aromatic N) is 2. The summed E-state index contributed by atoms with van der Waals surface area (Å²) < 4.78 is 7.68. The predicted molar refractivity (Wildman–Crippen MR) is 140 cm³/mol. The van der Waals surface area contributed by atoms with E-state index in [0.717, 1.165) is 59.7 Å². The first-order chi connectivity index (χ1) is 17.2. The van der Waals surface area contributed by atoms with Gasteiger partial charge in [0.1, 0.15) is 5.82 Å². The summed E-state index contributed by atoms with van der Waals surface area (Å²) in [5, 5.41) is 9.34. The smallest absolute Gasteiger partial charge is 0.332 e. The largest absolute Gasteiger partial charge is 0.479 e. The van der Waals surface area contributed by atoms with Crippen LogP contribution in [-0.4, -0.2) is 33.3 Å². The number of aromatic nitrogens is 2. The average Bonchev–Trinajstić information content (AvgIpc) is 3.28. The molecule has 0 aliphatic heterocycles. The van der Waals surface area contributed by atoms with Gasteiger partial charge in [-0.2, -0.15) is 0 Å². The van der Waals surface area contributed by atoms with Gasteiger partial charge in [0.05, 0.1) is 11.4 Å². The number of aliphatic carboxylic acids is 1. The molecule has 0 fully saturated rings. The molecule has 180 valence electrons. The zero-order chi connectivity index (χ0) is 24.5. The maximum absolute atomic E-state index is 11.4. The summed E-state index contributed by atoms with van der Waals surface area (Å²) >= 11 is 0. The van der Waals surface area contributed by atoms with Gasteiger partial charge in [-0.05, 0) is 19.8 Å². The molecule has 0 amide bonds. The van der Waals surface area contributed by atoms with Crippen molar-refractivity contribution in [1.29, 1.82) is 0 Å². The summed E-state index contributed by atoms with van der Waals surface area (Å²) in [7, 11) is 0. The normalized spacial score (nSPS) is 11.9. The topological polar surface area (TPSA) is 64.4 Å². The Kier molecular flexibility index (Phi) is 8.47. The standard InChI is InChI=1S/C30H32N2O3/c1-2-35-26(30(33)34)21-13-6-14-22-32-28(24-17-9-4-10-18-24)27(23-15-7-3-8-16-23)31-29(32)25-19-11-5-12-20-25/h3-5,7-12,15-20,26H,2,6,13-14,21-22H2,1H3,(H,33,34). The Hall–Kier alpha value is -3.70. The highest BCUT2D eigenvalue weighted by atomic mass is 16.5. The number of hydrogen-bond acceptors (Lipinski definition) is 3. The van der Waals surface area contributed by atoms with Crippen LogP contribution >= 0.6 is 0 Å². The van der Waals surface area contributed by atoms with Crippen LogP contribution in [0.1, 0.15) is 32.6 Å². The van der Waals surface area contributed by atoms with E-state index in [2.05, 4.69) is 53.1 Å². The molecule has 4 aromatic rings. The summed E-state index contributed by atoms with van der Waals surface area (Å²) in [5.41, 5.74) is 5.37. The molecule has 0 spiro atoms. The van der Waals surface area contributed by atoms with Crippen molar-refractivity contribution in [2.45, 2.75) is 45.3 Å². The Morgan fingerprint density at radius 3 is 1.97 bits per heavy atom. The van der Waals surface area contributed by atoms with Crippen molar-refractivity contribution >= 4 is 5.97 Å². The number of benzene rings is 3. The average molecular weight is 469 g/mol. The minimum atomic E-state index is -0.883. The molecular formula is C30H32N2O3. The van der Waals surface area contributed by atoms with Crippen LogP contribution in [0.4, 0.5) is 0 Å². The molecule has 0 bridgehead atoms. The number of carboxylic acids is 1. The van der Waals surface area contributed by atoms with Gasteiger partial charge in [-0.3, -0.25) is 0 Å². The molecule has 1 N–H and O–H groups in total. The Labute approximate surface area is 207 Å². The Morgan fingerprint density at radius 1 is 0.829 bits per heavy atom. The zero-order valence-corrected chi connectivity index (χ0v) is 20.1. The maximum atomic E-state index is 11.4. The van der Waals surface area contributed by atoms with Gasteiger partial charge in [-0.15, -0.1) is 0 Å². The first kappa shape index (κ1) is 24.4. The molecule has 5 nitrogen and oxygen atoms in total. The van der Waals surface area contributed by atoms with Crippen LogP contribution in [-0.2, 0) is 16.1 Å². The number of imidazole rings is 1. The van der Waals surface area contributed by atoms with Crippen LogP contribution in [0.2, 0.25) is 0 Å². The third kappa shape index (κ3) is 6.06. The molecule has 0 radical (unpaired) electrons. The van der Waals surface area contributed by atoms with Gasteiger partial charge >= 0.3 is 5.97 Å². The number of ether oxygens (including phenoxy) is 1. The van der Waals surface area contributed by atoms with Gasteiger partial charge in [0.25, 0.3) is 0 Å². The van der Waals surface area contributed by atoms with Crippen molar-refractivity contribution in [2.24, 2.45) is 0 Å². The lowest BCUT2D eigenvalue weighted by molar-refractivity contribution is -0.150. The lowest BCUT2D eigenvalue weighted by Crippen LogP contribution is -2.23. The number of hydrogen-bond donors (Lipinski definition) is 1. The van der Waals surface area contributed by atoms with Crippen LogP contribution < -0.4 is 0 Å². The molecule has 5 heteroatoms. The summed E-state index contributed by atoms with van der Waals surface area (Å²) in [6.45, 7) is 3.03. The van der Waals surface area contributed by atoms with Crippen molar-refractivity contribution in [3.05, 3.63) is 91.0 Å². The molecule has 0 aliphatic carbocycles. The van der Waals surface area contributed by atoms with Gasteiger partial charge in [0, 0.05) is 29.8 Å². The molecule has 1 aromatic heterocycles. The Morgan fingerprint density at radius 2 is 1.40 bits per heavy atom. The highest BCUT2D eigenvalue weighted by Crippen LogP contribution is 2.36. The third-order valence-corrected chi connectivity index (χ3v) is 6.09. The lowest BCUT2D eigenvalue weighted by Gasteiger charge is -2.15. The van der Waals surface area contributed by atoms with Crippen molar-refractivity contribution in [1.82, 2.24) is 9.55 Å². The minimum Gasteiger partial charge on any atom is -0.479 e. The SMILES string of the molecule is CCOC(CCCCCn1c(-c2ccccc2)nc(-c2ccccc2)c1-c1ccccc1)C(=O)O. The number of carboxylic acid groups (broad SMARTS) is 1. The molecule has 3 aromatic carbocycles. The Bertz CT molecular complexity index is 1200. The van der Waals surface area contributed by atoms with E-state index < -0.39 is 12.1 Å². The lowest BCUT2D eigenvalue weighted by atomic mass is 10.0. The van der Waals surface area contributed by atoms with E-state index in [0.29, 0.717) is 13.0 Å². The second-order valence-electron chi connectivity index (χ2n) is 8.51. The molecule has 1 atom stereocenters. The quantitative estimate of drug-likeness (QED) is 0.229. The fourth-order valence-corrected chi connectivity index (χ4v) is 4.42. The first-order valence-electron chi connectivity index (χ1n) is 12.3. The van der Waals surface area contributed by atoms with Crippen molar-refractivity contribution in [3.63, 3.8) is 0 Å². The van der Waals surface area contributed by atoms with Gasteiger partial charge in [-0.1, -0.05) is 104 Å². The Balaban J connectivity index is 1.66. The van der Waals surface area contributed by atoms with Gasteiger partial charge < -0.3 is 14.4 Å². The highest BCUT2D eigenvalue weighted by molar-refractivity contribution is 5.82. The fourth-order valence-electron chi connectivity index (χ4n) is 4.42. The van der Waals surface area contributed by atoms with Crippen LogP contribution in [0, 0.1) is 0 Å². The molecule has 1 unspecified atom stereocenters. The van der Waals surface area contributed by atoms with Gasteiger partial charge in [0.15, 0.2) is 6.10 Å². The fraction of sp³-hybridized carbons (Fsp3) is 0.267. The number of unbranched alkanes of at least 4 members (excludes halogenated alkanes) is 2. The van der Waals surface area contributed by atoms with E-state index in [4.69, 9.17) is 9.72 Å². The second-order valence-corrected chi connectivity index (χ2v) is 8.51. The number of rotatable bonds is 12. The third-order valence-electron chi connectivity index (χ3n) is 6.09. The van der Waals surface area contributed by atoms with Crippen LogP contribution in [0.25, 0.3) is 33.9 Å². The van der Waals surface area contributed by atoms with Crippen molar-refractivity contribution in [3.8, 4) is 33.9 Å². The molecule has 0 aliphatic rings. The van der Waals surface area contributed by atoms with E-state index in [-0.39, 0.29) is 0 Å². The van der Waals surface area contributed by atoms with Gasteiger partial charge in [-0.25, -0.2) is 9.78 Å². The summed E-state index contributed by atoms with van der Waals surface area (Å²) in [4.78, 5) is 16.5. The number of carbonyl (C=O) groups is 1. The van der Waals surface area contributed by atoms with E-state index in [1.54, 1.807) is 0 Å². The van der Waals surface area contributed by atoms with Crippen molar-refractivity contribution in [2.75, 3.05) is 6.61 Å². The summed E-state index contributed by atoms with van der Waals surface area (Å²) in [6.07, 6.45) is 2.44. The second kappa shape index (κ2) is 12.1. The minimum absolute atomic E-state index is 0.412. The van der Waals surface area contributed by atoms with E-state index in [1.165, 1.54) is 0 Å². The van der Waals surface area contributed by atoms with Gasteiger partial charge in [0.2, 0.25) is 0 Å². The molecule has 0 saturated carbocycles. The molecule has 0 saturated heterocycles. The molecular weight excluding hydrogens is 436 g/mol. The molecule has 1 heterocycles. The monoisotopic (exact) mass is 468 g/mol. The maximum Gasteiger partial charge on any atom is 0.332 e. The van der Waals surface area contributed by atoms with E-state index in [9.17, 15) is 9.90 Å². The van der Waals surface area contributed by atoms with E-state index >= 15 is 0 Å². The molecule has 4 rings (SSSR count). The van der Waals surface area contributed by atoms with Crippen LogP contribution in [0.5, 0.6) is 0 Å². The highest BCUT2D eigenvalue weighted by Gasteiger charge is 2.21.